The average molecular weight is 459 g/mol. The van der Waals surface area contributed by atoms with Gasteiger partial charge in [0.15, 0.2) is 0 Å². The molecule has 6 nitrogen and oxygen atoms in total. The first kappa shape index (κ1) is 21.2. The summed E-state index contributed by atoms with van der Waals surface area (Å²) in [4.78, 5) is 0. The molecule has 3 rings (SSSR count). The van der Waals surface area contributed by atoms with Gasteiger partial charge in [0, 0.05) is 10.6 Å². The van der Waals surface area contributed by atoms with Crippen molar-refractivity contribution >= 4 is 41.6 Å². The van der Waals surface area contributed by atoms with Crippen molar-refractivity contribution in [3.8, 4) is 11.5 Å². The van der Waals surface area contributed by atoms with Gasteiger partial charge < -0.3 is 9.47 Å². The highest BCUT2D eigenvalue weighted by molar-refractivity contribution is 7.71. The molecule has 11 heteroatoms. The van der Waals surface area contributed by atoms with Gasteiger partial charge in [0.05, 0.1) is 13.3 Å². The van der Waals surface area contributed by atoms with Crippen molar-refractivity contribution in [3.63, 3.8) is 0 Å². The van der Waals surface area contributed by atoms with Crippen molar-refractivity contribution in [1.82, 2.24) is 14.9 Å². The molecule has 0 bridgehead atoms. The number of hydrogen-bond donors (Lipinski definition) is 1. The summed E-state index contributed by atoms with van der Waals surface area (Å²) >= 11 is 15.8. The molecule has 0 atom stereocenters. The van der Waals surface area contributed by atoms with Gasteiger partial charge >= 0.3 is 5.38 Å². The number of benzene rings is 2. The monoisotopic (exact) mass is 458 g/mol. The number of ether oxygens (including phenoxy) is 2. The Kier molecular flexibility index (Phi) is 6.51. The van der Waals surface area contributed by atoms with E-state index >= 15 is 0 Å². The Bertz CT molecular complexity index is 1080. The standard InChI is InChI=1S/C18H14Cl2F2N4O2S/c1-27-15-7-2-11(8-12(15)10-28-14-5-3-13(19)4-6-14)9-23-26-16(18(20,21)22)24-25-17(26)29/h2-9H,10H2,1H3,(H,25,29)/b23-9+. The molecule has 0 radical (unpaired) electrons. The third-order valence-corrected chi connectivity index (χ3v) is 4.42. The number of H-pyrrole nitrogens is 1. The molecule has 1 aromatic heterocycles. The Morgan fingerprint density at radius 1 is 1.28 bits per heavy atom. The second-order valence-corrected chi connectivity index (χ2v) is 7.02. The lowest BCUT2D eigenvalue weighted by molar-refractivity contribution is 0.0805. The van der Waals surface area contributed by atoms with E-state index in [-0.39, 0.29) is 11.4 Å². The molecule has 0 saturated heterocycles. The largest absolute Gasteiger partial charge is 0.496 e. The van der Waals surface area contributed by atoms with Crippen LogP contribution in [-0.4, -0.2) is 28.2 Å². The fraction of sp³-hybridized carbons (Fsp3) is 0.167. The van der Waals surface area contributed by atoms with Gasteiger partial charge in [-0.05, 0) is 71.8 Å². The summed E-state index contributed by atoms with van der Waals surface area (Å²) in [6.45, 7) is 0.211. The van der Waals surface area contributed by atoms with Crippen LogP contribution in [0.1, 0.15) is 17.0 Å². The van der Waals surface area contributed by atoms with Crippen LogP contribution in [0.25, 0.3) is 0 Å². The number of alkyl halides is 3. The van der Waals surface area contributed by atoms with Gasteiger partial charge in [-0.15, -0.1) is 5.10 Å². The maximum Gasteiger partial charge on any atom is 0.383 e. The van der Waals surface area contributed by atoms with E-state index in [1.807, 2.05) is 0 Å². The second kappa shape index (κ2) is 8.89. The lowest BCUT2D eigenvalue weighted by Gasteiger charge is -2.11. The minimum Gasteiger partial charge on any atom is -0.496 e. The lowest BCUT2D eigenvalue weighted by atomic mass is 10.1. The van der Waals surface area contributed by atoms with Gasteiger partial charge in [-0.1, -0.05) is 11.6 Å². The highest BCUT2D eigenvalue weighted by Crippen LogP contribution is 2.30. The van der Waals surface area contributed by atoms with Crippen LogP contribution in [0.2, 0.25) is 5.02 Å². The van der Waals surface area contributed by atoms with Crippen LogP contribution in [0.15, 0.2) is 47.6 Å². The zero-order valence-corrected chi connectivity index (χ0v) is 17.2. The summed E-state index contributed by atoms with van der Waals surface area (Å²) in [6, 6.07) is 12.1. The molecule has 152 valence electrons. The quantitative estimate of drug-likeness (QED) is 0.294. The van der Waals surface area contributed by atoms with E-state index in [9.17, 15) is 8.78 Å². The molecule has 0 aliphatic carbocycles. The van der Waals surface area contributed by atoms with Crippen molar-refractivity contribution in [2.45, 2.75) is 12.0 Å². The van der Waals surface area contributed by atoms with Crippen molar-refractivity contribution in [3.05, 3.63) is 69.2 Å². The lowest BCUT2D eigenvalue weighted by Crippen LogP contribution is -2.11. The molecule has 0 saturated carbocycles. The van der Waals surface area contributed by atoms with Crippen molar-refractivity contribution in [2.75, 3.05) is 7.11 Å². The molecule has 1 N–H and O–H groups in total. The summed E-state index contributed by atoms with van der Waals surface area (Å²) in [7, 11) is 1.54. The number of rotatable bonds is 7. The molecule has 1 heterocycles. The molecule has 0 amide bonds. The van der Waals surface area contributed by atoms with Gasteiger partial charge in [0.2, 0.25) is 10.6 Å². The van der Waals surface area contributed by atoms with Crippen LogP contribution < -0.4 is 9.47 Å². The number of nitrogens with zero attached hydrogens (tertiary/aromatic N) is 3. The molecular formula is C18H14Cl2F2N4O2S. The van der Waals surface area contributed by atoms with E-state index in [0.717, 1.165) is 10.2 Å². The topological polar surface area (TPSA) is 64.4 Å². The molecule has 29 heavy (non-hydrogen) atoms. The van der Waals surface area contributed by atoms with Crippen LogP contribution in [0, 0.1) is 4.77 Å². The fourth-order valence-electron chi connectivity index (χ4n) is 2.39. The molecular weight excluding hydrogens is 445 g/mol. The highest BCUT2D eigenvalue weighted by Gasteiger charge is 2.35. The summed E-state index contributed by atoms with van der Waals surface area (Å²) in [5.41, 5.74) is 1.33. The molecule has 0 aliphatic heterocycles. The van der Waals surface area contributed by atoms with Gasteiger partial charge in [-0.2, -0.15) is 18.6 Å². The molecule has 0 unspecified atom stereocenters. The Morgan fingerprint density at radius 3 is 2.66 bits per heavy atom. The Morgan fingerprint density at radius 2 is 2.00 bits per heavy atom. The van der Waals surface area contributed by atoms with Crippen LogP contribution in [0.5, 0.6) is 11.5 Å². The van der Waals surface area contributed by atoms with E-state index < -0.39 is 11.2 Å². The first-order chi connectivity index (χ1) is 13.8. The fourth-order valence-corrected chi connectivity index (χ4v) is 2.82. The summed E-state index contributed by atoms with van der Waals surface area (Å²) in [5, 5.41) is 6.50. The molecule has 2 aromatic carbocycles. The summed E-state index contributed by atoms with van der Waals surface area (Å²) < 4.78 is 38.5. The van der Waals surface area contributed by atoms with E-state index in [1.165, 1.54) is 13.3 Å². The summed E-state index contributed by atoms with van der Waals surface area (Å²) in [5.74, 6) is 0.429. The van der Waals surface area contributed by atoms with E-state index in [1.54, 1.807) is 42.5 Å². The highest BCUT2D eigenvalue weighted by atomic mass is 35.5. The van der Waals surface area contributed by atoms with E-state index in [0.29, 0.717) is 22.1 Å². The van der Waals surface area contributed by atoms with Crippen molar-refractivity contribution in [1.29, 1.82) is 0 Å². The number of aromatic nitrogens is 3. The zero-order valence-electron chi connectivity index (χ0n) is 14.9. The Hall–Kier alpha value is -2.49. The van der Waals surface area contributed by atoms with Crippen molar-refractivity contribution in [2.24, 2.45) is 5.10 Å². The normalized spacial score (nSPS) is 11.8. The maximum absolute atomic E-state index is 13.4. The number of methoxy groups -OCH3 is 1. The predicted octanol–water partition coefficient (Wildman–Crippen LogP) is 5.35. The van der Waals surface area contributed by atoms with Gasteiger partial charge in [0.25, 0.3) is 0 Å². The third-order valence-electron chi connectivity index (χ3n) is 3.74. The van der Waals surface area contributed by atoms with Gasteiger partial charge in [0.1, 0.15) is 18.1 Å². The SMILES string of the molecule is COc1ccc(/C=N/n2c(C(F)(F)Cl)n[nH]c2=S)cc1COc1ccc(Cl)cc1. The van der Waals surface area contributed by atoms with Gasteiger partial charge in [-0.3, -0.25) is 0 Å². The van der Waals surface area contributed by atoms with Gasteiger partial charge in [-0.25, -0.2) is 5.10 Å². The van der Waals surface area contributed by atoms with Crippen LogP contribution in [0.4, 0.5) is 8.78 Å². The van der Waals surface area contributed by atoms with E-state index in [4.69, 9.17) is 44.9 Å². The van der Waals surface area contributed by atoms with Crippen LogP contribution >= 0.6 is 35.4 Å². The molecule has 0 fully saturated rings. The molecule has 0 spiro atoms. The Balaban J connectivity index is 1.83. The predicted molar refractivity (Wildman–Crippen MR) is 109 cm³/mol. The Labute approximate surface area is 179 Å². The minimum absolute atomic E-state index is 0.114. The smallest absolute Gasteiger partial charge is 0.383 e. The average Bonchev–Trinajstić information content (AvgIpc) is 3.07. The molecule has 0 aliphatic rings. The second-order valence-electron chi connectivity index (χ2n) is 5.72. The van der Waals surface area contributed by atoms with Crippen molar-refractivity contribution < 1.29 is 18.3 Å². The number of halogens is 4. The first-order valence-electron chi connectivity index (χ1n) is 8.12. The number of aromatic amines is 1. The first-order valence-corrected chi connectivity index (χ1v) is 9.28. The maximum atomic E-state index is 13.4. The third kappa shape index (κ3) is 5.31. The van der Waals surface area contributed by atoms with Crippen LogP contribution in [0.3, 0.4) is 0 Å². The minimum atomic E-state index is -3.72. The zero-order chi connectivity index (χ0) is 21.0. The molecule has 3 aromatic rings. The number of nitrogens with one attached hydrogen (secondary N) is 1. The number of hydrogen-bond acceptors (Lipinski definition) is 5. The van der Waals surface area contributed by atoms with Crippen LogP contribution in [-0.2, 0) is 12.0 Å². The summed E-state index contributed by atoms with van der Waals surface area (Å²) in [6.07, 6.45) is 1.35. The van der Waals surface area contributed by atoms with E-state index in [2.05, 4.69) is 15.3 Å².